The molecule has 1 unspecified atom stereocenters. The number of amides is 1. The van der Waals surface area contributed by atoms with Gasteiger partial charge in [-0.3, -0.25) is 4.79 Å². The first-order valence-electron chi connectivity index (χ1n) is 8.69. The molecular weight excluding hydrogens is 374 g/mol. The summed E-state index contributed by atoms with van der Waals surface area (Å²) in [5.41, 5.74) is 0.340. The molecule has 11 heteroatoms. The standard InChI is InChI=1S/C16H23N5O5S/c1-10-16(11(2)25-18-10)27(23,24)20-7-5-14(9-20)21(13(4)22)8-6-15-17-12(3)26-19-15/h14H,5-9H2,1-4H3. The van der Waals surface area contributed by atoms with Crippen LogP contribution in [0.5, 0.6) is 0 Å². The fourth-order valence-corrected chi connectivity index (χ4v) is 5.20. The van der Waals surface area contributed by atoms with Crippen LogP contribution in [0.1, 0.15) is 36.5 Å². The average molecular weight is 397 g/mol. The zero-order valence-electron chi connectivity index (χ0n) is 15.8. The van der Waals surface area contributed by atoms with E-state index in [2.05, 4.69) is 15.3 Å². The highest BCUT2D eigenvalue weighted by atomic mass is 32.2. The lowest BCUT2D eigenvalue weighted by Gasteiger charge is -2.27. The summed E-state index contributed by atoms with van der Waals surface area (Å²) in [4.78, 5) is 18.0. The molecule has 1 atom stereocenters. The average Bonchev–Trinajstić information content (AvgIpc) is 3.29. The molecule has 1 fully saturated rings. The molecule has 0 aromatic carbocycles. The van der Waals surface area contributed by atoms with Crippen molar-refractivity contribution in [2.24, 2.45) is 0 Å². The molecule has 2 aromatic heterocycles. The fourth-order valence-electron chi connectivity index (χ4n) is 3.42. The maximum Gasteiger partial charge on any atom is 0.248 e. The zero-order valence-corrected chi connectivity index (χ0v) is 16.6. The molecule has 27 heavy (non-hydrogen) atoms. The first-order valence-corrected chi connectivity index (χ1v) is 10.1. The van der Waals surface area contributed by atoms with Gasteiger partial charge in [0.15, 0.2) is 11.6 Å². The maximum atomic E-state index is 12.9. The lowest BCUT2D eigenvalue weighted by molar-refractivity contribution is -0.130. The molecule has 0 spiro atoms. The maximum absolute atomic E-state index is 12.9. The monoisotopic (exact) mass is 397 g/mol. The smallest absolute Gasteiger partial charge is 0.248 e. The van der Waals surface area contributed by atoms with Crippen molar-refractivity contribution in [2.75, 3.05) is 19.6 Å². The third kappa shape index (κ3) is 3.88. The number of aromatic nitrogens is 3. The summed E-state index contributed by atoms with van der Waals surface area (Å²) in [5, 5.41) is 7.57. The van der Waals surface area contributed by atoms with Gasteiger partial charge in [0.1, 0.15) is 10.6 Å². The molecule has 10 nitrogen and oxygen atoms in total. The molecule has 148 valence electrons. The van der Waals surface area contributed by atoms with Crippen molar-refractivity contribution in [3.8, 4) is 0 Å². The number of aryl methyl sites for hydroxylation is 3. The zero-order chi connectivity index (χ0) is 19.8. The summed E-state index contributed by atoms with van der Waals surface area (Å²) in [6.45, 7) is 7.33. The van der Waals surface area contributed by atoms with Crippen molar-refractivity contribution in [2.45, 2.75) is 51.5 Å². The van der Waals surface area contributed by atoms with Crippen molar-refractivity contribution in [3.63, 3.8) is 0 Å². The number of hydrogen-bond acceptors (Lipinski definition) is 8. The van der Waals surface area contributed by atoms with Crippen molar-refractivity contribution >= 4 is 15.9 Å². The molecule has 0 aliphatic carbocycles. The van der Waals surface area contributed by atoms with Gasteiger partial charge in [-0.2, -0.15) is 9.29 Å². The largest absolute Gasteiger partial charge is 0.360 e. The Morgan fingerprint density at radius 3 is 2.56 bits per heavy atom. The van der Waals surface area contributed by atoms with Crippen molar-refractivity contribution in [3.05, 3.63) is 23.2 Å². The Bertz CT molecular complexity index is 915. The lowest BCUT2D eigenvalue weighted by atomic mass is 10.2. The van der Waals surface area contributed by atoms with Gasteiger partial charge >= 0.3 is 0 Å². The highest BCUT2D eigenvalue weighted by Gasteiger charge is 2.38. The molecular formula is C16H23N5O5S. The number of sulfonamides is 1. The minimum Gasteiger partial charge on any atom is -0.360 e. The van der Waals surface area contributed by atoms with Crippen LogP contribution in [0, 0.1) is 20.8 Å². The molecule has 3 heterocycles. The first kappa shape index (κ1) is 19.5. The highest BCUT2D eigenvalue weighted by Crippen LogP contribution is 2.27. The minimum absolute atomic E-state index is 0.111. The van der Waals surface area contributed by atoms with E-state index in [1.807, 2.05) is 0 Å². The molecule has 0 radical (unpaired) electrons. The normalized spacial score (nSPS) is 18.1. The quantitative estimate of drug-likeness (QED) is 0.702. The number of rotatable bonds is 6. The van der Waals surface area contributed by atoms with Crippen LogP contribution in [0.15, 0.2) is 13.9 Å². The van der Waals surface area contributed by atoms with Crippen LogP contribution in [0.3, 0.4) is 0 Å². The van der Waals surface area contributed by atoms with E-state index in [1.165, 1.54) is 11.2 Å². The predicted molar refractivity (Wildman–Crippen MR) is 93.3 cm³/mol. The van der Waals surface area contributed by atoms with E-state index < -0.39 is 10.0 Å². The number of carbonyl (C=O) groups is 1. The Labute approximate surface area is 157 Å². The predicted octanol–water partition coefficient (Wildman–Crippen LogP) is 0.837. The van der Waals surface area contributed by atoms with Gasteiger partial charge in [0.05, 0.1) is 0 Å². The molecule has 0 N–H and O–H groups in total. The molecule has 1 aliphatic rings. The molecule has 1 saturated heterocycles. The van der Waals surface area contributed by atoms with Crippen LogP contribution in [0.25, 0.3) is 0 Å². The van der Waals surface area contributed by atoms with E-state index in [9.17, 15) is 13.2 Å². The second kappa shape index (κ2) is 7.39. The van der Waals surface area contributed by atoms with Gasteiger partial charge in [0, 0.05) is 45.9 Å². The van der Waals surface area contributed by atoms with Crippen molar-refractivity contribution in [1.29, 1.82) is 0 Å². The van der Waals surface area contributed by atoms with Gasteiger partial charge in [0.2, 0.25) is 21.8 Å². The second-order valence-electron chi connectivity index (χ2n) is 6.65. The molecule has 3 rings (SSSR count). The molecule has 0 saturated carbocycles. The third-order valence-electron chi connectivity index (χ3n) is 4.68. The van der Waals surface area contributed by atoms with E-state index >= 15 is 0 Å². The van der Waals surface area contributed by atoms with Crippen LogP contribution in [-0.4, -0.2) is 64.5 Å². The molecule has 1 amide bonds. The number of carbonyl (C=O) groups excluding carboxylic acids is 1. The molecule has 1 aliphatic heterocycles. The van der Waals surface area contributed by atoms with Gasteiger partial charge in [-0.1, -0.05) is 10.3 Å². The van der Waals surface area contributed by atoms with E-state index in [0.29, 0.717) is 43.3 Å². The van der Waals surface area contributed by atoms with Crippen molar-refractivity contribution in [1.82, 2.24) is 24.5 Å². The Balaban J connectivity index is 1.71. The summed E-state index contributed by atoms with van der Waals surface area (Å²) < 4.78 is 37.2. The minimum atomic E-state index is -3.71. The van der Waals surface area contributed by atoms with Gasteiger partial charge < -0.3 is 13.9 Å². The summed E-state index contributed by atoms with van der Waals surface area (Å²) in [6.07, 6.45) is 1.01. The SMILES string of the molecule is CC(=O)N(CCc1noc(C)n1)C1CCN(S(=O)(=O)c2c(C)noc2C)C1. The van der Waals surface area contributed by atoms with Gasteiger partial charge in [-0.05, 0) is 20.3 Å². The molecule has 2 aromatic rings. The Morgan fingerprint density at radius 1 is 1.26 bits per heavy atom. The van der Waals surface area contributed by atoms with Gasteiger partial charge in [-0.15, -0.1) is 0 Å². The van der Waals surface area contributed by atoms with Crippen LogP contribution in [0.4, 0.5) is 0 Å². The summed E-state index contributed by atoms with van der Waals surface area (Å²) in [6, 6.07) is -0.203. The summed E-state index contributed by atoms with van der Waals surface area (Å²) in [5.74, 6) is 1.15. The third-order valence-corrected chi connectivity index (χ3v) is 6.79. The second-order valence-corrected chi connectivity index (χ2v) is 8.53. The van der Waals surface area contributed by atoms with Gasteiger partial charge in [0.25, 0.3) is 0 Å². The lowest BCUT2D eigenvalue weighted by Crippen LogP contribution is -2.42. The topological polar surface area (TPSA) is 123 Å². The Kier molecular flexibility index (Phi) is 5.33. The first-order chi connectivity index (χ1) is 12.7. The van der Waals surface area contributed by atoms with E-state index in [1.54, 1.807) is 25.7 Å². The summed E-state index contributed by atoms with van der Waals surface area (Å²) in [7, 11) is -3.71. The van der Waals surface area contributed by atoms with Gasteiger partial charge in [-0.25, -0.2) is 8.42 Å². The fraction of sp³-hybridized carbons (Fsp3) is 0.625. The van der Waals surface area contributed by atoms with Crippen LogP contribution in [-0.2, 0) is 21.2 Å². The van der Waals surface area contributed by atoms with E-state index in [0.717, 1.165) is 0 Å². The van der Waals surface area contributed by atoms with Crippen LogP contribution < -0.4 is 0 Å². The van der Waals surface area contributed by atoms with Crippen LogP contribution >= 0.6 is 0 Å². The van der Waals surface area contributed by atoms with Crippen LogP contribution in [0.2, 0.25) is 0 Å². The number of nitrogens with zero attached hydrogens (tertiary/aromatic N) is 5. The number of hydrogen-bond donors (Lipinski definition) is 0. The summed E-state index contributed by atoms with van der Waals surface area (Å²) >= 11 is 0. The van der Waals surface area contributed by atoms with E-state index in [-0.39, 0.29) is 29.1 Å². The van der Waals surface area contributed by atoms with Crippen molar-refractivity contribution < 1.29 is 22.3 Å². The molecule has 0 bridgehead atoms. The Morgan fingerprint density at radius 2 is 2.00 bits per heavy atom. The highest BCUT2D eigenvalue weighted by molar-refractivity contribution is 7.89. The Hall–Kier alpha value is -2.27. The van der Waals surface area contributed by atoms with E-state index in [4.69, 9.17) is 9.05 Å².